The Balaban J connectivity index is 0.000000288. The number of benzene rings is 1. The van der Waals surface area contributed by atoms with Crippen LogP contribution in [-0.2, 0) is 9.59 Å². The summed E-state index contributed by atoms with van der Waals surface area (Å²) in [5, 5.41) is 8.38. The van der Waals surface area contributed by atoms with E-state index in [1.54, 1.807) is 30.3 Å². The second-order valence-corrected chi connectivity index (χ2v) is 4.60. The Morgan fingerprint density at radius 3 is 1.53 bits per heavy atom. The summed E-state index contributed by atoms with van der Waals surface area (Å²) >= 11 is 0.799. The first kappa shape index (κ1) is 15.0. The van der Waals surface area contributed by atoms with E-state index in [0.29, 0.717) is 61.4 Å². The molecule has 4 nitrogen and oxygen atoms in total. The SMILES string of the molecule is O=C(O)c1ccccc1.O=[C]([Na])[C](=O)[Na]. The van der Waals surface area contributed by atoms with Crippen LogP contribution in [0.3, 0.4) is 0 Å². The summed E-state index contributed by atoms with van der Waals surface area (Å²) in [6.07, 6.45) is 0. The van der Waals surface area contributed by atoms with Crippen molar-refractivity contribution in [1.82, 2.24) is 0 Å². The number of hydrogen-bond acceptors (Lipinski definition) is 3. The summed E-state index contributed by atoms with van der Waals surface area (Å²) in [4.78, 5) is 30.0. The Morgan fingerprint density at radius 1 is 0.933 bits per heavy atom. The van der Waals surface area contributed by atoms with Gasteiger partial charge in [0.25, 0.3) is 0 Å². The topological polar surface area (TPSA) is 71.4 Å². The molecule has 0 aliphatic heterocycles. The van der Waals surface area contributed by atoms with Gasteiger partial charge in [-0.3, -0.25) is 0 Å². The van der Waals surface area contributed by atoms with Gasteiger partial charge < -0.3 is 5.11 Å². The van der Waals surface area contributed by atoms with Gasteiger partial charge in [0.2, 0.25) is 0 Å². The number of carbonyl (C=O) groups excluding carboxylic acids is 2. The summed E-state index contributed by atoms with van der Waals surface area (Å²) in [5.74, 6) is -0.879. The molecule has 68 valence electrons. The third kappa shape index (κ3) is 7.90. The van der Waals surface area contributed by atoms with Gasteiger partial charge in [0.1, 0.15) is 0 Å². The van der Waals surface area contributed by atoms with Crippen molar-refractivity contribution in [3.63, 3.8) is 0 Å². The fourth-order valence-corrected chi connectivity index (χ4v) is 0.581. The number of hydrogen-bond donors (Lipinski definition) is 1. The number of rotatable bonds is 2. The van der Waals surface area contributed by atoms with Gasteiger partial charge >= 0.3 is 77.5 Å². The molecule has 1 aromatic carbocycles. The molecule has 0 saturated heterocycles. The summed E-state index contributed by atoms with van der Waals surface area (Å²) in [5.41, 5.74) is 0.331. The molecule has 15 heavy (non-hydrogen) atoms. The number of carbonyl (C=O) groups is 3. The van der Waals surface area contributed by atoms with Gasteiger partial charge in [0.15, 0.2) is 0 Å². The van der Waals surface area contributed by atoms with Crippen molar-refractivity contribution in [1.29, 1.82) is 0 Å². The van der Waals surface area contributed by atoms with E-state index in [4.69, 9.17) is 5.11 Å². The molecule has 0 aromatic heterocycles. The predicted molar refractivity (Wildman–Crippen MR) is 54.9 cm³/mol. The van der Waals surface area contributed by atoms with Crippen molar-refractivity contribution in [2.24, 2.45) is 0 Å². The zero-order chi connectivity index (χ0) is 11.8. The fourth-order valence-electron chi connectivity index (χ4n) is 0.581. The first-order chi connectivity index (χ1) is 6.95. The van der Waals surface area contributed by atoms with Crippen LogP contribution in [0.5, 0.6) is 0 Å². The Labute approximate surface area is 122 Å². The molecule has 0 bridgehead atoms. The van der Waals surface area contributed by atoms with Crippen LogP contribution in [0, 0.1) is 0 Å². The van der Waals surface area contributed by atoms with E-state index in [1.165, 1.54) is 0 Å². The van der Waals surface area contributed by atoms with Gasteiger partial charge in [0.05, 0.1) is 5.56 Å². The Hall–Kier alpha value is 0.0300. The number of aromatic carboxylic acids is 1. The molecule has 0 fully saturated rings. The Kier molecular flexibility index (Phi) is 8.23. The first-order valence-corrected chi connectivity index (χ1v) is 6.25. The monoisotopic (exact) mass is 224 g/mol. The molecule has 0 amide bonds. The van der Waals surface area contributed by atoms with Crippen molar-refractivity contribution < 1.29 is 19.5 Å². The van der Waals surface area contributed by atoms with E-state index >= 15 is 0 Å². The summed E-state index contributed by atoms with van der Waals surface area (Å²) in [6, 6.07) is 8.30. The van der Waals surface area contributed by atoms with E-state index in [1.807, 2.05) is 0 Å². The standard InChI is InChI=1S/C7H6O2.C2O2.2Na/c8-7(9)6-4-2-1-3-5-6;3-1-2-4;;/h1-5H,(H,8,9);;;. The molecule has 1 N–H and O–H groups in total. The van der Waals surface area contributed by atoms with Crippen LogP contribution in [0.1, 0.15) is 10.4 Å². The van der Waals surface area contributed by atoms with Crippen LogP contribution in [0.15, 0.2) is 30.3 Å². The zero-order valence-corrected chi connectivity index (χ0v) is 12.6. The quantitative estimate of drug-likeness (QED) is 0.556. The molecule has 0 spiro atoms. The van der Waals surface area contributed by atoms with Crippen LogP contribution in [-0.4, -0.2) is 73.0 Å². The zero-order valence-electron chi connectivity index (χ0n) is 8.56. The molecule has 0 aliphatic carbocycles. The minimum absolute atomic E-state index is 0.179. The first-order valence-electron chi connectivity index (χ1n) is 4.25. The molecular weight excluding hydrogens is 218 g/mol. The van der Waals surface area contributed by atoms with Crippen LogP contribution in [0.2, 0.25) is 0 Å². The second kappa shape index (κ2) is 8.21. The Morgan fingerprint density at radius 2 is 1.33 bits per heavy atom. The Bertz CT molecular complexity index is 350. The van der Waals surface area contributed by atoms with Crippen molar-refractivity contribution >= 4 is 67.9 Å². The predicted octanol–water partition coefficient (Wildman–Crippen LogP) is -0.239. The molecule has 0 aliphatic rings. The van der Waals surface area contributed by atoms with Gasteiger partial charge in [-0.05, 0) is 12.1 Å². The minimum atomic E-state index is -0.879. The molecule has 0 saturated carbocycles. The van der Waals surface area contributed by atoms with E-state index in [2.05, 4.69) is 0 Å². The van der Waals surface area contributed by atoms with E-state index in [0.717, 1.165) is 0 Å². The maximum absolute atomic E-state index is 10.2. The average Bonchev–Trinajstić information content (AvgIpc) is 2.20. The second-order valence-electron chi connectivity index (χ2n) is 2.78. The number of carboxylic acid groups (broad SMARTS) is 1. The summed E-state index contributed by atoms with van der Waals surface area (Å²) in [7, 11) is 0. The van der Waals surface area contributed by atoms with Gasteiger partial charge in [-0.1, -0.05) is 18.2 Å². The van der Waals surface area contributed by atoms with Crippen LogP contribution in [0.4, 0.5) is 0 Å². The van der Waals surface area contributed by atoms with Gasteiger partial charge in [-0.15, -0.1) is 0 Å². The molecule has 1 rings (SSSR count). The van der Waals surface area contributed by atoms with Crippen molar-refractivity contribution in [2.45, 2.75) is 0 Å². The van der Waals surface area contributed by atoms with Crippen molar-refractivity contribution in [3.05, 3.63) is 35.9 Å². The van der Waals surface area contributed by atoms with Gasteiger partial charge in [-0.2, -0.15) is 0 Å². The van der Waals surface area contributed by atoms with E-state index in [9.17, 15) is 14.4 Å². The molecule has 6 heteroatoms. The van der Waals surface area contributed by atoms with E-state index < -0.39 is 5.97 Å². The molecule has 1 aromatic rings. The van der Waals surface area contributed by atoms with Crippen molar-refractivity contribution in [3.8, 4) is 0 Å². The molecule has 0 unspecified atom stereocenters. The third-order valence-corrected chi connectivity index (χ3v) is 3.92. The van der Waals surface area contributed by atoms with Crippen molar-refractivity contribution in [2.75, 3.05) is 0 Å². The number of carboxylic acids is 1. The van der Waals surface area contributed by atoms with Crippen LogP contribution in [0.25, 0.3) is 0 Å². The third-order valence-electron chi connectivity index (χ3n) is 1.52. The summed E-state index contributed by atoms with van der Waals surface area (Å²) < 4.78 is -0.358. The maximum atomic E-state index is 10.2. The van der Waals surface area contributed by atoms with Gasteiger partial charge in [-0.25, -0.2) is 4.79 Å². The summed E-state index contributed by atoms with van der Waals surface area (Å²) in [6.45, 7) is 0. The van der Waals surface area contributed by atoms with Gasteiger partial charge in [0, 0.05) is 0 Å². The van der Waals surface area contributed by atoms with Crippen LogP contribution < -0.4 is 0 Å². The normalized spacial score (nSPS) is 8.53. The molecule has 0 radical (unpaired) electrons. The van der Waals surface area contributed by atoms with E-state index in [-0.39, 0.29) is 6.07 Å². The average molecular weight is 224 g/mol. The fraction of sp³-hybridized carbons (Fsp3) is 0. The molecule has 0 atom stereocenters. The molecular formula is C9H6Na2O4. The molecule has 0 heterocycles. The van der Waals surface area contributed by atoms with Crippen LogP contribution >= 0.6 is 0 Å².